The third-order valence-corrected chi connectivity index (χ3v) is 2.63. The Morgan fingerprint density at radius 1 is 1.53 bits per heavy atom. The molecule has 0 saturated heterocycles. The molecule has 0 fully saturated rings. The maximum Gasteiger partial charge on any atom is 0.0776 e. The van der Waals surface area contributed by atoms with E-state index in [-0.39, 0.29) is 12.1 Å². The van der Waals surface area contributed by atoms with E-state index in [1.807, 2.05) is 10.7 Å². The van der Waals surface area contributed by atoms with Crippen molar-refractivity contribution < 1.29 is 4.74 Å². The van der Waals surface area contributed by atoms with Crippen LogP contribution in [0.4, 0.5) is 0 Å². The highest BCUT2D eigenvalue weighted by Gasteiger charge is 2.20. The van der Waals surface area contributed by atoms with Gasteiger partial charge in [-0.25, -0.2) is 0 Å². The monoisotopic (exact) mass is 211 g/mol. The lowest BCUT2D eigenvalue weighted by atomic mass is 10.1. The first-order valence-electron chi connectivity index (χ1n) is 5.54. The highest BCUT2D eigenvalue weighted by molar-refractivity contribution is 5.08. The molecule has 4 heteroatoms. The van der Waals surface area contributed by atoms with Crippen LogP contribution in [0.1, 0.15) is 38.4 Å². The average molecular weight is 211 g/mol. The van der Waals surface area contributed by atoms with Gasteiger partial charge in [-0.1, -0.05) is 13.8 Å². The Morgan fingerprint density at radius 3 is 2.80 bits per heavy atom. The lowest BCUT2D eigenvalue weighted by Crippen LogP contribution is -2.29. The number of nitrogens with zero attached hydrogens (tertiary/aromatic N) is 2. The molecule has 0 aliphatic heterocycles. The summed E-state index contributed by atoms with van der Waals surface area (Å²) in [7, 11) is 1.70. The van der Waals surface area contributed by atoms with Crippen LogP contribution in [0.25, 0.3) is 0 Å². The van der Waals surface area contributed by atoms with E-state index in [1.54, 1.807) is 13.3 Å². The Kier molecular flexibility index (Phi) is 4.78. The number of aryl methyl sites for hydroxylation is 1. The minimum absolute atomic E-state index is 0.0670. The van der Waals surface area contributed by atoms with Gasteiger partial charge < -0.3 is 10.5 Å². The molecule has 1 aromatic heterocycles. The van der Waals surface area contributed by atoms with E-state index in [0.29, 0.717) is 0 Å². The van der Waals surface area contributed by atoms with Gasteiger partial charge in [0, 0.05) is 19.9 Å². The summed E-state index contributed by atoms with van der Waals surface area (Å²) in [6.45, 7) is 5.12. The fourth-order valence-corrected chi connectivity index (χ4v) is 1.78. The van der Waals surface area contributed by atoms with E-state index in [9.17, 15) is 0 Å². The van der Waals surface area contributed by atoms with Crippen LogP contribution in [0.2, 0.25) is 0 Å². The number of hydrogen-bond acceptors (Lipinski definition) is 3. The molecule has 1 heterocycles. The smallest absolute Gasteiger partial charge is 0.0776 e. The molecule has 0 aromatic carbocycles. The van der Waals surface area contributed by atoms with Crippen molar-refractivity contribution in [2.75, 3.05) is 7.11 Å². The molecule has 0 bridgehead atoms. The average Bonchev–Trinajstić information content (AvgIpc) is 2.68. The zero-order valence-electron chi connectivity index (χ0n) is 9.81. The predicted octanol–water partition coefficient (Wildman–Crippen LogP) is 1.72. The van der Waals surface area contributed by atoms with Crippen molar-refractivity contribution in [1.29, 1.82) is 0 Å². The molecule has 2 unspecified atom stereocenters. The predicted molar refractivity (Wildman–Crippen MR) is 60.5 cm³/mol. The summed E-state index contributed by atoms with van der Waals surface area (Å²) in [5.41, 5.74) is 7.21. The quantitative estimate of drug-likeness (QED) is 0.779. The molecule has 1 rings (SSSR count). The van der Waals surface area contributed by atoms with Crippen molar-refractivity contribution in [1.82, 2.24) is 9.78 Å². The molecule has 0 aliphatic rings. The fraction of sp³-hybridized carbons (Fsp3) is 0.727. The number of nitrogens with two attached hydrogens (primary N) is 1. The minimum atomic E-state index is -0.0888. The van der Waals surface area contributed by atoms with Crippen LogP contribution in [0.5, 0.6) is 0 Å². The molecule has 86 valence electrons. The molecule has 4 nitrogen and oxygen atoms in total. The van der Waals surface area contributed by atoms with Crippen molar-refractivity contribution in [3.8, 4) is 0 Å². The SMILES string of the molecule is CCCn1nccc1C(N)C(CC)OC. The Labute approximate surface area is 91.4 Å². The standard InChI is InChI=1S/C11H21N3O/c1-4-8-14-9(6-7-13-14)11(12)10(5-2)15-3/h6-7,10-11H,4-5,8,12H2,1-3H3. The highest BCUT2D eigenvalue weighted by Crippen LogP contribution is 2.18. The zero-order chi connectivity index (χ0) is 11.3. The Morgan fingerprint density at radius 2 is 2.27 bits per heavy atom. The van der Waals surface area contributed by atoms with E-state index < -0.39 is 0 Å². The van der Waals surface area contributed by atoms with Crippen LogP contribution in [-0.4, -0.2) is 23.0 Å². The van der Waals surface area contributed by atoms with Crippen LogP contribution in [0.3, 0.4) is 0 Å². The van der Waals surface area contributed by atoms with E-state index in [0.717, 1.165) is 25.1 Å². The van der Waals surface area contributed by atoms with Gasteiger partial charge in [0.2, 0.25) is 0 Å². The Balaban J connectivity index is 2.79. The van der Waals surface area contributed by atoms with E-state index in [1.165, 1.54) is 0 Å². The van der Waals surface area contributed by atoms with Crippen LogP contribution in [-0.2, 0) is 11.3 Å². The number of ether oxygens (including phenoxy) is 1. The summed E-state index contributed by atoms with van der Waals surface area (Å²) in [5, 5.41) is 4.26. The number of aromatic nitrogens is 2. The maximum atomic E-state index is 6.15. The molecule has 0 amide bonds. The highest BCUT2D eigenvalue weighted by atomic mass is 16.5. The molecule has 2 atom stereocenters. The minimum Gasteiger partial charge on any atom is -0.379 e. The van der Waals surface area contributed by atoms with Gasteiger partial charge in [0.25, 0.3) is 0 Å². The molecule has 2 N–H and O–H groups in total. The molecular formula is C11H21N3O. The summed E-state index contributed by atoms with van der Waals surface area (Å²) in [5.74, 6) is 0. The second kappa shape index (κ2) is 5.88. The third-order valence-electron chi connectivity index (χ3n) is 2.63. The molecule has 15 heavy (non-hydrogen) atoms. The van der Waals surface area contributed by atoms with Crippen molar-refractivity contribution >= 4 is 0 Å². The maximum absolute atomic E-state index is 6.15. The molecule has 0 saturated carbocycles. The van der Waals surface area contributed by atoms with E-state index in [2.05, 4.69) is 18.9 Å². The van der Waals surface area contributed by atoms with Crippen LogP contribution >= 0.6 is 0 Å². The number of methoxy groups -OCH3 is 1. The van der Waals surface area contributed by atoms with Gasteiger partial charge in [-0.2, -0.15) is 5.10 Å². The lowest BCUT2D eigenvalue weighted by Gasteiger charge is -2.22. The second-order valence-corrected chi connectivity index (χ2v) is 3.69. The van der Waals surface area contributed by atoms with Crippen molar-refractivity contribution in [2.24, 2.45) is 5.73 Å². The Hall–Kier alpha value is -0.870. The summed E-state index contributed by atoms with van der Waals surface area (Å²) in [6.07, 6.45) is 3.84. The van der Waals surface area contributed by atoms with E-state index >= 15 is 0 Å². The molecular weight excluding hydrogens is 190 g/mol. The van der Waals surface area contributed by atoms with Crippen LogP contribution in [0, 0.1) is 0 Å². The van der Waals surface area contributed by atoms with E-state index in [4.69, 9.17) is 10.5 Å². The van der Waals surface area contributed by atoms with Crippen LogP contribution < -0.4 is 5.73 Å². The van der Waals surface area contributed by atoms with Gasteiger partial charge in [0.15, 0.2) is 0 Å². The topological polar surface area (TPSA) is 53.1 Å². The van der Waals surface area contributed by atoms with Crippen molar-refractivity contribution in [2.45, 2.75) is 45.4 Å². The number of hydrogen-bond donors (Lipinski definition) is 1. The first kappa shape index (κ1) is 12.2. The first-order valence-corrected chi connectivity index (χ1v) is 5.54. The zero-order valence-corrected chi connectivity index (χ0v) is 9.81. The molecule has 0 spiro atoms. The van der Waals surface area contributed by atoms with Gasteiger partial charge in [-0.15, -0.1) is 0 Å². The lowest BCUT2D eigenvalue weighted by molar-refractivity contribution is 0.0746. The van der Waals surface area contributed by atoms with Gasteiger partial charge in [0.05, 0.1) is 17.8 Å². The van der Waals surface area contributed by atoms with Gasteiger partial charge in [0.1, 0.15) is 0 Å². The summed E-state index contributed by atoms with van der Waals surface area (Å²) in [6, 6.07) is 1.89. The normalized spacial score (nSPS) is 15.2. The molecule has 1 aromatic rings. The molecule has 0 aliphatic carbocycles. The second-order valence-electron chi connectivity index (χ2n) is 3.69. The largest absolute Gasteiger partial charge is 0.379 e. The van der Waals surface area contributed by atoms with Crippen molar-refractivity contribution in [3.63, 3.8) is 0 Å². The fourth-order valence-electron chi connectivity index (χ4n) is 1.78. The molecule has 0 radical (unpaired) electrons. The third kappa shape index (κ3) is 2.79. The van der Waals surface area contributed by atoms with Gasteiger partial charge in [-0.3, -0.25) is 4.68 Å². The Bertz CT molecular complexity index is 281. The van der Waals surface area contributed by atoms with Gasteiger partial charge >= 0.3 is 0 Å². The summed E-state index contributed by atoms with van der Waals surface area (Å²) in [4.78, 5) is 0. The number of rotatable bonds is 6. The van der Waals surface area contributed by atoms with Crippen molar-refractivity contribution in [3.05, 3.63) is 18.0 Å². The van der Waals surface area contributed by atoms with Gasteiger partial charge in [-0.05, 0) is 18.9 Å². The summed E-state index contributed by atoms with van der Waals surface area (Å²) < 4.78 is 7.32. The first-order chi connectivity index (χ1) is 7.24. The van der Waals surface area contributed by atoms with Crippen LogP contribution in [0.15, 0.2) is 12.3 Å². The summed E-state index contributed by atoms with van der Waals surface area (Å²) >= 11 is 0.